The molecule has 0 saturated carbocycles. The zero-order valence-corrected chi connectivity index (χ0v) is 23.8. The van der Waals surface area contributed by atoms with Gasteiger partial charge in [-0.25, -0.2) is 4.79 Å². The molecule has 198 valence electrons. The molecule has 1 aromatic carbocycles. The Labute approximate surface area is 216 Å². The van der Waals surface area contributed by atoms with Crippen LogP contribution in [-0.2, 0) is 14.3 Å². The van der Waals surface area contributed by atoms with Crippen LogP contribution in [0.4, 0.5) is 4.79 Å². The molecule has 0 aliphatic heterocycles. The monoisotopic (exact) mass is 507 g/mol. The number of carbonyl (C=O) groups excluding carboxylic acids is 3. The van der Waals surface area contributed by atoms with Crippen molar-refractivity contribution in [1.29, 1.82) is 0 Å². The fourth-order valence-electron chi connectivity index (χ4n) is 3.62. The number of rotatable bonds is 11. The summed E-state index contributed by atoms with van der Waals surface area (Å²) in [6.07, 6.45) is 3.35. The summed E-state index contributed by atoms with van der Waals surface area (Å²) in [5.74, 6) is 0.157. The third-order valence-electron chi connectivity index (χ3n) is 5.18. The lowest BCUT2D eigenvalue weighted by molar-refractivity contribution is -0.143. The molecule has 0 aliphatic carbocycles. The molecule has 2 N–H and O–H groups in total. The van der Waals surface area contributed by atoms with Crippen LogP contribution in [0.2, 0.25) is 0 Å². The molecular weight excluding hydrogens is 462 g/mol. The standard InChI is InChI=1S/C27H45N3O4S/c1-10-11-17-30(24(32)21(16-18-35-9)28-25(33)34-27(6,7)8)22(23(31)29-26(3,4)5)20-15-13-12-14-19(20)2/h12-15,21-22H,10-11,16-18H2,1-9H3,(H,28,33)(H,29,31). The number of nitrogens with one attached hydrogen (secondary N) is 2. The second-order valence-electron chi connectivity index (χ2n) is 10.9. The summed E-state index contributed by atoms with van der Waals surface area (Å²) >= 11 is 1.60. The molecule has 0 aliphatic rings. The van der Waals surface area contributed by atoms with Crippen LogP contribution in [0.1, 0.15) is 84.9 Å². The molecule has 0 aromatic heterocycles. The number of hydrogen-bond donors (Lipinski definition) is 2. The summed E-state index contributed by atoms with van der Waals surface area (Å²) in [4.78, 5) is 41.9. The van der Waals surface area contributed by atoms with Gasteiger partial charge in [0.05, 0.1) is 0 Å². The zero-order chi connectivity index (χ0) is 26.8. The van der Waals surface area contributed by atoms with Crippen LogP contribution in [0.3, 0.4) is 0 Å². The predicted molar refractivity (Wildman–Crippen MR) is 145 cm³/mol. The molecule has 8 heteroatoms. The first-order valence-corrected chi connectivity index (χ1v) is 13.8. The predicted octanol–water partition coefficient (Wildman–Crippen LogP) is 5.23. The van der Waals surface area contributed by atoms with Crippen molar-refractivity contribution in [3.05, 3.63) is 35.4 Å². The summed E-state index contributed by atoms with van der Waals surface area (Å²) in [6.45, 7) is 15.5. The Balaban J connectivity index is 3.48. The molecule has 0 heterocycles. The van der Waals surface area contributed by atoms with E-state index in [-0.39, 0.29) is 11.8 Å². The maximum atomic E-state index is 14.0. The fourth-order valence-corrected chi connectivity index (χ4v) is 4.09. The zero-order valence-electron chi connectivity index (χ0n) is 23.0. The summed E-state index contributed by atoms with van der Waals surface area (Å²) in [7, 11) is 0. The van der Waals surface area contributed by atoms with E-state index in [1.165, 1.54) is 0 Å². The summed E-state index contributed by atoms with van der Waals surface area (Å²) in [6, 6.07) is 6.02. The highest BCUT2D eigenvalue weighted by Crippen LogP contribution is 2.27. The number of unbranched alkanes of at least 4 members (excludes halogenated alkanes) is 1. The maximum Gasteiger partial charge on any atom is 0.408 e. The molecule has 35 heavy (non-hydrogen) atoms. The number of ether oxygens (including phenoxy) is 1. The molecule has 2 unspecified atom stereocenters. The van der Waals surface area contributed by atoms with Gasteiger partial charge in [0.15, 0.2) is 0 Å². The van der Waals surface area contributed by atoms with E-state index in [0.717, 1.165) is 24.0 Å². The van der Waals surface area contributed by atoms with Gasteiger partial charge in [-0.1, -0.05) is 37.6 Å². The van der Waals surface area contributed by atoms with E-state index < -0.39 is 29.3 Å². The summed E-state index contributed by atoms with van der Waals surface area (Å²) < 4.78 is 5.43. The number of benzene rings is 1. The Hall–Kier alpha value is -2.22. The Kier molecular flexibility index (Phi) is 12.1. The molecule has 0 saturated heterocycles. The first kappa shape index (κ1) is 30.8. The van der Waals surface area contributed by atoms with Gasteiger partial charge in [-0.2, -0.15) is 11.8 Å². The minimum atomic E-state index is -0.813. The number of nitrogens with zero attached hydrogens (tertiary/aromatic N) is 1. The lowest BCUT2D eigenvalue weighted by Gasteiger charge is -2.36. The van der Waals surface area contributed by atoms with Gasteiger partial charge in [-0.3, -0.25) is 9.59 Å². The van der Waals surface area contributed by atoms with Crippen molar-refractivity contribution in [2.45, 2.75) is 97.9 Å². The van der Waals surface area contributed by atoms with Crippen molar-refractivity contribution in [2.24, 2.45) is 0 Å². The molecule has 7 nitrogen and oxygen atoms in total. The fraction of sp³-hybridized carbons (Fsp3) is 0.667. The highest BCUT2D eigenvalue weighted by atomic mass is 32.2. The second-order valence-corrected chi connectivity index (χ2v) is 11.8. The van der Waals surface area contributed by atoms with Crippen LogP contribution in [0, 0.1) is 6.92 Å². The van der Waals surface area contributed by atoms with Gasteiger partial charge in [-0.05, 0) is 84.4 Å². The molecule has 1 aromatic rings. The molecule has 0 fully saturated rings. The third kappa shape index (κ3) is 10.9. The highest BCUT2D eigenvalue weighted by Gasteiger charge is 2.37. The minimum Gasteiger partial charge on any atom is -0.444 e. The van der Waals surface area contributed by atoms with Gasteiger partial charge >= 0.3 is 6.09 Å². The minimum absolute atomic E-state index is 0.239. The molecule has 1 rings (SSSR count). The van der Waals surface area contributed by atoms with E-state index >= 15 is 0 Å². The third-order valence-corrected chi connectivity index (χ3v) is 5.82. The number of alkyl carbamates (subject to hydrolysis) is 1. The van der Waals surface area contributed by atoms with E-state index in [9.17, 15) is 14.4 Å². The average molecular weight is 508 g/mol. The van der Waals surface area contributed by atoms with Gasteiger partial charge in [-0.15, -0.1) is 0 Å². The number of thioether (sulfide) groups is 1. The van der Waals surface area contributed by atoms with Crippen LogP contribution in [0.15, 0.2) is 24.3 Å². The average Bonchev–Trinajstić information content (AvgIpc) is 2.71. The van der Waals surface area contributed by atoms with E-state index in [2.05, 4.69) is 10.6 Å². The number of aryl methyl sites for hydroxylation is 1. The Morgan fingerprint density at radius 3 is 2.23 bits per heavy atom. The van der Waals surface area contributed by atoms with Crippen LogP contribution < -0.4 is 10.6 Å². The Bertz CT molecular complexity index is 846. The van der Waals surface area contributed by atoms with Crippen LogP contribution in [0.25, 0.3) is 0 Å². The second kappa shape index (κ2) is 13.8. The van der Waals surface area contributed by atoms with Crippen molar-refractivity contribution in [1.82, 2.24) is 15.5 Å². The van der Waals surface area contributed by atoms with Crippen molar-refractivity contribution in [3.8, 4) is 0 Å². The van der Waals surface area contributed by atoms with Crippen molar-refractivity contribution >= 4 is 29.7 Å². The lowest BCUT2D eigenvalue weighted by Crippen LogP contribution is -2.55. The van der Waals surface area contributed by atoms with E-state index in [1.807, 2.05) is 65.1 Å². The van der Waals surface area contributed by atoms with Crippen molar-refractivity contribution in [2.75, 3.05) is 18.6 Å². The van der Waals surface area contributed by atoms with Crippen molar-refractivity contribution < 1.29 is 19.1 Å². The quantitative estimate of drug-likeness (QED) is 0.428. The van der Waals surface area contributed by atoms with E-state index in [4.69, 9.17) is 4.74 Å². The highest BCUT2D eigenvalue weighted by molar-refractivity contribution is 7.98. The SMILES string of the molecule is CCCCN(C(=O)C(CCSC)NC(=O)OC(C)(C)C)C(C(=O)NC(C)(C)C)c1ccccc1C. The molecular formula is C27H45N3O4S. The topological polar surface area (TPSA) is 87.7 Å². The number of amides is 3. The first-order chi connectivity index (χ1) is 16.2. The molecule has 2 atom stereocenters. The number of hydrogen-bond acceptors (Lipinski definition) is 5. The van der Waals surface area contributed by atoms with Gasteiger partial charge in [0, 0.05) is 12.1 Å². The van der Waals surface area contributed by atoms with Crippen LogP contribution in [-0.4, -0.2) is 58.5 Å². The van der Waals surface area contributed by atoms with E-state index in [1.54, 1.807) is 37.4 Å². The molecule has 3 amide bonds. The number of carbonyl (C=O) groups is 3. The first-order valence-electron chi connectivity index (χ1n) is 12.4. The Morgan fingerprint density at radius 1 is 1.09 bits per heavy atom. The molecule has 0 spiro atoms. The summed E-state index contributed by atoms with van der Waals surface area (Å²) in [5.41, 5.74) is 0.552. The van der Waals surface area contributed by atoms with Gasteiger partial charge in [0.1, 0.15) is 17.7 Å². The van der Waals surface area contributed by atoms with E-state index in [0.29, 0.717) is 18.7 Å². The summed E-state index contributed by atoms with van der Waals surface area (Å²) in [5, 5.41) is 5.84. The maximum absolute atomic E-state index is 14.0. The molecule has 0 bridgehead atoms. The lowest BCUT2D eigenvalue weighted by atomic mass is 9.96. The smallest absolute Gasteiger partial charge is 0.408 e. The van der Waals surface area contributed by atoms with Gasteiger partial charge in [0.2, 0.25) is 11.8 Å². The van der Waals surface area contributed by atoms with Crippen LogP contribution >= 0.6 is 11.8 Å². The van der Waals surface area contributed by atoms with Crippen molar-refractivity contribution in [3.63, 3.8) is 0 Å². The molecule has 0 radical (unpaired) electrons. The van der Waals surface area contributed by atoms with Crippen LogP contribution in [0.5, 0.6) is 0 Å². The Morgan fingerprint density at radius 2 is 1.71 bits per heavy atom. The normalized spacial score (nSPS) is 13.5. The largest absolute Gasteiger partial charge is 0.444 e. The van der Waals surface area contributed by atoms with Gasteiger partial charge < -0.3 is 20.3 Å². The van der Waals surface area contributed by atoms with Gasteiger partial charge in [0.25, 0.3) is 0 Å².